The number of amidine groups is 1. The number of furan rings is 1. The molecule has 1 aromatic heterocycles. The summed E-state index contributed by atoms with van der Waals surface area (Å²) in [4.78, 5) is 15.2. The van der Waals surface area contributed by atoms with Crippen molar-refractivity contribution in [3.05, 3.63) is 24.2 Å². The lowest BCUT2D eigenvalue weighted by atomic mass is 10.5. The van der Waals surface area contributed by atoms with Crippen molar-refractivity contribution in [2.24, 2.45) is 10.1 Å². The second-order valence-corrected chi connectivity index (χ2v) is 4.21. The smallest absolute Gasteiger partial charge is 0.253 e. The molecule has 0 fully saturated rings. The highest BCUT2D eigenvalue weighted by Gasteiger charge is 2.20. The molecule has 1 N–H and O–H groups in total. The van der Waals surface area contributed by atoms with Gasteiger partial charge in [-0.1, -0.05) is 11.8 Å². The van der Waals surface area contributed by atoms with E-state index in [1.807, 2.05) is 0 Å². The molecule has 2 rings (SSSR count). The maximum Gasteiger partial charge on any atom is 0.253 e. The van der Waals surface area contributed by atoms with E-state index >= 15 is 0 Å². The van der Waals surface area contributed by atoms with Crippen LogP contribution in [0.5, 0.6) is 0 Å². The summed E-state index contributed by atoms with van der Waals surface area (Å²) in [6, 6.07) is 3.57. The third-order valence-electron chi connectivity index (χ3n) is 1.76. The molecular weight excluding hydrogens is 214 g/mol. The van der Waals surface area contributed by atoms with Crippen molar-refractivity contribution >= 4 is 29.1 Å². The molecule has 78 valence electrons. The fourth-order valence-electron chi connectivity index (χ4n) is 0.975. The Hall–Kier alpha value is -1.56. The van der Waals surface area contributed by atoms with Gasteiger partial charge >= 0.3 is 0 Å². The summed E-state index contributed by atoms with van der Waals surface area (Å²) < 4.78 is 5.07. The standard InChI is InChI=1S/C9H9N3O2S/c1-6-8(13)11-12-9(15-6)10-5-7-3-2-4-14-7/h2-6H,1H3,(H,11,13)/t6-/m0/s1. The minimum Gasteiger partial charge on any atom is -0.463 e. The highest BCUT2D eigenvalue weighted by atomic mass is 32.2. The van der Waals surface area contributed by atoms with Crippen molar-refractivity contribution in [2.75, 3.05) is 0 Å². The summed E-state index contributed by atoms with van der Waals surface area (Å²) in [5.74, 6) is 0.555. The molecule has 1 amide bonds. The van der Waals surface area contributed by atoms with Crippen LogP contribution >= 0.6 is 11.8 Å². The largest absolute Gasteiger partial charge is 0.463 e. The van der Waals surface area contributed by atoms with Gasteiger partial charge in [-0.15, -0.1) is 5.10 Å². The first-order chi connectivity index (χ1) is 7.25. The number of carbonyl (C=O) groups excluding carboxylic acids is 1. The monoisotopic (exact) mass is 223 g/mol. The Morgan fingerprint density at radius 3 is 3.27 bits per heavy atom. The molecule has 5 nitrogen and oxygen atoms in total. The van der Waals surface area contributed by atoms with Crippen molar-refractivity contribution in [3.8, 4) is 0 Å². The predicted molar refractivity (Wildman–Crippen MR) is 58.9 cm³/mol. The SMILES string of the molecule is C[C@@H]1SC(N=Cc2ccco2)=NNC1=O. The van der Waals surface area contributed by atoms with E-state index in [4.69, 9.17) is 4.42 Å². The van der Waals surface area contributed by atoms with E-state index in [2.05, 4.69) is 15.5 Å². The zero-order valence-corrected chi connectivity index (χ0v) is 8.82. The molecule has 0 bridgehead atoms. The van der Waals surface area contributed by atoms with Gasteiger partial charge in [0.15, 0.2) is 0 Å². The summed E-state index contributed by atoms with van der Waals surface area (Å²) >= 11 is 1.31. The van der Waals surface area contributed by atoms with Gasteiger partial charge in [0.1, 0.15) is 5.76 Å². The molecule has 1 aromatic rings. The molecule has 1 atom stereocenters. The van der Waals surface area contributed by atoms with E-state index in [1.165, 1.54) is 11.8 Å². The van der Waals surface area contributed by atoms with Gasteiger partial charge in [-0.05, 0) is 19.1 Å². The molecule has 0 aliphatic carbocycles. The number of thioether (sulfide) groups is 1. The molecule has 0 saturated carbocycles. The number of nitrogens with zero attached hydrogens (tertiary/aromatic N) is 2. The lowest BCUT2D eigenvalue weighted by Crippen LogP contribution is -2.32. The zero-order chi connectivity index (χ0) is 10.7. The topological polar surface area (TPSA) is 67.0 Å². The Morgan fingerprint density at radius 2 is 2.60 bits per heavy atom. The average Bonchev–Trinajstić information content (AvgIpc) is 2.73. The summed E-state index contributed by atoms with van der Waals surface area (Å²) in [5, 5.41) is 4.17. The maximum atomic E-state index is 11.1. The van der Waals surface area contributed by atoms with Gasteiger partial charge < -0.3 is 4.42 Å². The van der Waals surface area contributed by atoms with E-state index in [0.717, 1.165) is 0 Å². The molecule has 1 aliphatic rings. The first-order valence-corrected chi connectivity index (χ1v) is 5.25. The molecular formula is C9H9N3O2S. The molecule has 0 spiro atoms. The number of aliphatic imine (C=N–C) groups is 1. The summed E-state index contributed by atoms with van der Waals surface area (Å²) in [5.41, 5.74) is 2.40. The predicted octanol–water partition coefficient (Wildman–Crippen LogP) is 1.22. The van der Waals surface area contributed by atoms with E-state index in [1.54, 1.807) is 31.5 Å². The van der Waals surface area contributed by atoms with Gasteiger partial charge in [0.25, 0.3) is 5.91 Å². The van der Waals surface area contributed by atoms with Crippen molar-refractivity contribution in [2.45, 2.75) is 12.2 Å². The molecule has 1 aliphatic heterocycles. The van der Waals surface area contributed by atoms with Gasteiger partial charge in [-0.3, -0.25) is 4.79 Å². The number of hydrogen-bond donors (Lipinski definition) is 1. The molecule has 0 saturated heterocycles. The Labute approximate surface area is 90.6 Å². The molecule has 15 heavy (non-hydrogen) atoms. The molecule has 0 aromatic carbocycles. The average molecular weight is 223 g/mol. The number of carbonyl (C=O) groups is 1. The summed E-state index contributed by atoms with van der Waals surface area (Å²) in [7, 11) is 0. The van der Waals surface area contributed by atoms with E-state index in [-0.39, 0.29) is 11.2 Å². The van der Waals surface area contributed by atoms with Crippen LogP contribution in [-0.2, 0) is 4.79 Å². The number of hydrazone groups is 1. The van der Waals surface area contributed by atoms with Gasteiger partial charge in [0, 0.05) is 0 Å². The second-order valence-electron chi connectivity index (χ2n) is 2.90. The summed E-state index contributed by atoms with van der Waals surface area (Å²) in [6.45, 7) is 1.80. The lowest BCUT2D eigenvalue weighted by molar-refractivity contribution is -0.120. The van der Waals surface area contributed by atoms with Crippen LogP contribution < -0.4 is 5.43 Å². The van der Waals surface area contributed by atoms with E-state index in [0.29, 0.717) is 10.9 Å². The van der Waals surface area contributed by atoms with Crippen LogP contribution in [0, 0.1) is 0 Å². The highest BCUT2D eigenvalue weighted by Crippen LogP contribution is 2.17. The van der Waals surface area contributed by atoms with Crippen LogP contribution in [-0.4, -0.2) is 22.5 Å². The minimum absolute atomic E-state index is 0.100. The Morgan fingerprint density at radius 1 is 1.73 bits per heavy atom. The van der Waals surface area contributed by atoms with Crippen molar-refractivity contribution < 1.29 is 9.21 Å². The normalized spacial score (nSPS) is 21.5. The second kappa shape index (κ2) is 4.31. The zero-order valence-electron chi connectivity index (χ0n) is 8.01. The van der Waals surface area contributed by atoms with E-state index in [9.17, 15) is 4.79 Å². The third-order valence-corrected chi connectivity index (χ3v) is 2.73. The van der Waals surface area contributed by atoms with Crippen LogP contribution in [0.4, 0.5) is 0 Å². The van der Waals surface area contributed by atoms with Crippen LogP contribution in [0.2, 0.25) is 0 Å². The minimum atomic E-state index is -0.161. The molecule has 0 radical (unpaired) electrons. The maximum absolute atomic E-state index is 11.1. The molecule has 2 heterocycles. The Kier molecular flexibility index (Phi) is 2.86. The molecule has 0 unspecified atom stereocenters. The summed E-state index contributed by atoms with van der Waals surface area (Å²) in [6.07, 6.45) is 3.14. The number of rotatable bonds is 1. The number of hydrogen-bond acceptors (Lipinski definition) is 5. The highest BCUT2D eigenvalue weighted by molar-refractivity contribution is 8.15. The number of amides is 1. The Balaban J connectivity index is 2.04. The first kappa shape index (κ1) is 9.97. The van der Waals surface area contributed by atoms with Crippen molar-refractivity contribution in [1.82, 2.24) is 5.43 Å². The van der Waals surface area contributed by atoms with Crippen molar-refractivity contribution in [1.29, 1.82) is 0 Å². The third kappa shape index (κ3) is 2.47. The van der Waals surface area contributed by atoms with Gasteiger partial charge in [-0.25, -0.2) is 10.4 Å². The molecule has 6 heteroatoms. The van der Waals surface area contributed by atoms with E-state index < -0.39 is 0 Å². The van der Waals surface area contributed by atoms with Gasteiger partial charge in [0.2, 0.25) is 5.17 Å². The van der Waals surface area contributed by atoms with Crippen LogP contribution in [0.15, 0.2) is 32.9 Å². The van der Waals surface area contributed by atoms with Crippen LogP contribution in [0.3, 0.4) is 0 Å². The quantitative estimate of drug-likeness (QED) is 0.728. The van der Waals surface area contributed by atoms with Gasteiger partial charge in [-0.2, -0.15) is 0 Å². The van der Waals surface area contributed by atoms with Crippen LogP contribution in [0.1, 0.15) is 12.7 Å². The number of nitrogens with one attached hydrogen (secondary N) is 1. The van der Waals surface area contributed by atoms with Crippen molar-refractivity contribution in [3.63, 3.8) is 0 Å². The van der Waals surface area contributed by atoms with Crippen LogP contribution in [0.25, 0.3) is 0 Å². The fourth-order valence-corrected chi connectivity index (χ4v) is 1.66. The fraction of sp³-hybridized carbons (Fsp3) is 0.222. The first-order valence-electron chi connectivity index (χ1n) is 4.37. The Bertz CT molecular complexity index is 411. The van der Waals surface area contributed by atoms with Gasteiger partial charge in [0.05, 0.1) is 17.7 Å². The lowest BCUT2D eigenvalue weighted by Gasteiger charge is -2.13.